The van der Waals surface area contributed by atoms with Gasteiger partial charge in [-0.15, -0.1) is 0 Å². The average Bonchev–Trinajstić information content (AvgIpc) is 2.93. The van der Waals surface area contributed by atoms with Crippen LogP contribution in [-0.4, -0.2) is 42.5 Å². The Kier molecular flexibility index (Phi) is 5.04. The number of benzene rings is 1. The highest BCUT2D eigenvalue weighted by Gasteiger charge is 2.34. The number of hydrogen-bond donors (Lipinski definition) is 1. The Balaban J connectivity index is 1.85. The van der Waals surface area contributed by atoms with E-state index in [4.69, 9.17) is 23.2 Å². The summed E-state index contributed by atoms with van der Waals surface area (Å²) in [7, 11) is -3.43. The molecule has 1 aliphatic heterocycles. The highest BCUT2D eigenvalue weighted by Crippen LogP contribution is 2.35. The summed E-state index contributed by atoms with van der Waals surface area (Å²) in [4.78, 5) is 16.8. The molecule has 1 unspecified atom stereocenters. The monoisotopic (exact) mass is 407 g/mol. The van der Waals surface area contributed by atoms with Gasteiger partial charge in [-0.2, -0.15) is 4.31 Å². The van der Waals surface area contributed by atoms with Crippen LogP contribution in [0.4, 0.5) is 5.13 Å². The fraction of sp³-hybridized carbons (Fsp3) is 0.429. The van der Waals surface area contributed by atoms with E-state index in [-0.39, 0.29) is 5.91 Å². The number of carbonyl (C=O) groups is 1. The van der Waals surface area contributed by atoms with Crippen LogP contribution < -0.4 is 5.32 Å². The molecule has 1 atom stereocenters. The SMILES string of the molecule is CS(=O)(=O)N1CCCCC1C(=O)Nc1nc2c(Cl)c(Cl)ccc2s1. The first-order valence-electron chi connectivity index (χ1n) is 7.29. The van der Waals surface area contributed by atoms with E-state index in [1.165, 1.54) is 15.6 Å². The van der Waals surface area contributed by atoms with Crippen molar-refractivity contribution in [3.8, 4) is 0 Å². The van der Waals surface area contributed by atoms with Crippen molar-refractivity contribution >= 4 is 65.8 Å². The molecule has 1 saturated heterocycles. The van der Waals surface area contributed by atoms with Crippen molar-refractivity contribution in [1.82, 2.24) is 9.29 Å². The molecule has 1 fully saturated rings. The van der Waals surface area contributed by atoms with Crippen molar-refractivity contribution in [3.63, 3.8) is 0 Å². The lowest BCUT2D eigenvalue weighted by Gasteiger charge is -2.32. The first-order valence-corrected chi connectivity index (χ1v) is 10.7. The molecule has 6 nitrogen and oxygen atoms in total. The Bertz CT molecular complexity index is 898. The molecule has 0 saturated carbocycles. The Labute approximate surface area is 153 Å². The van der Waals surface area contributed by atoms with Gasteiger partial charge in [0.2, 0.25) is 15.9 Å². The molecule has 1 N–H and O–H groups in total. The van der Waals surface area contributed by atoms with Gasteiger partial charge in [-0.05, 0) is 25.0 Å². The van der Waals surface area contributed by atoms with E-state index in [0.717, 1.165) is 23.8 Å². The van der Waals surface area contributed by atoms with Crippen molar-refractivity contribution in [3.05, 3.63) is 22.2 Å². The zero-order valence-electron chi connectivity index (χ0n) is 12.8. The van der Waals surface area contributed by atoms with E-state index in [1.807, 2.05) is 0 Å². The van der Waals surface area contributed by atoms with Crippen LogP contribution in [0.15, 0.2) is 12.1 Å². The van der Waals surface area contributed by atoms with Crippen LogP contribution in [0.25, 0.3) is 10.2 Å². The molecule has 1 aliphatic rings. The maximum atomic E-state index is 12.5. The number of carbonyl (C=O) groups excluding carboxylic acids is 1. The van der Waals surface area contributed by atoms with Gasteiger partial charge in [-0.25, -0.2) is 13.4 Å². The second kappa shape index (κ2) is 6.76. The van der Waals surface area contributed by atoms with E-state index in [9.17, 15) is 13.2 Å². The number of sulfonamides is 1. The van der Waals surface area contributed by atoms with Crippen LogP contribution in [0.2, 0.25) is 10.0 Å². The minimum atomic E-state index is -3.43. The number of amides is 1. The van der Waals surface area contributed by atoms with Crippen molar-refractivity contribution in [2.24, 2.45) is 0 Å². The third-order valence-corrected chi connectivity index (χ3v) is 6.88. The van der Waals surface area contributed by atoms with Crippen molar-refractivity contribution in [2.45, 2.75) is 25.3 Å². The molecular formula is C14H15Cl2N3O3S2. The summed E-state index contributed by atoms with van der Waals surface area (Å²) in [5.74, 6) is -0.374. The molecule has 0 radical (unpaired) electrons. The lowest BCUT2D eigenvalue weighted by atomic mass is 10.0. The Morgan fingerprint density at radius 3 is 2.83 bits per heavy atom. The largest absolute Gasteiger partial charge is 0.301 e. The van der Waals surface area contributed by atoms with E-state index in [0.29, 0.717) is 33.7 Å². The van der Waals surface area contributed by atoms with Crippen LogP contribution in [0.5, 0.6) is 0 Å². The van der Waals surface area contributed by atoms with Gasteiger partial charge in [0.1, 0.15) is 11.6 Å². The lowest BCUT2D eigenvalue weighted by molar-refractivity contribution is -0.120. The standard InChI is InChI=1S/C14H15Cl2N3O3S2/c1-24(21,22)19-7-3-2-4-9(19)13(20)18-14-17-12-10(23-14)6-5-8(15)11(12)16/h5-6,9H,2-4,7H2,1H3,(H,17,18,20). The van der Waals surface area contributed by atoms with Crippen molar-refractivity contribution < 1.29 is 13.2 Å². The molecule has 0 spiro atoms. The summed E-state index contributed by atoms with van der Waals surface area (Å²) in [6, 6.07) is 2.74. The molecule has 2 aromatic rings. The highest BCUT2D eigenvalue weighted by atomic mass is 35.5. The Morgan fingerprint density at radius 2 is 2.12 bits per heavy atom. The van der Waals surface area contributed by atoms with Crippen LogP contribution in [0.1, 0.15) is 19.3 Å². The Morgan fingerprint density at radius 1 is 1.38 bits per heavy atom. The third-order valence-electron chi connectivity index (χ3n) is 3.86. The molecule has 0 aliphatic carbocycles. The van der Waals surface area contributed by atoms with E-state index in [1.54, 1.807) is 12.1 Å². The molecule has 2 heterocycles. The van der Waals surface area contributed by atoms with Crippen LogP contribution in [-0.2, 0) is 14.8 Å². The molecule has 3 rings (SSSR count). The fourth-order valence-corrected chi connectivity index (χ4v) is 5.16. The molecule has 24 heavy (non-hydrogen) atoms. The molecule has 10 heteroatoms. The van der Waals surface area contributed by atoms with Crippen LogP contribution in [0, 0.1) is 0 Å². The van der Waals surface area contributed by atoms with Gasteiger partial charge in [0.25, 0.3) is 0 Å². The predicted octanol–water partition coefficient (Wildman–Crippen LogP) is 3.36. The Hall–Kier alpha value is -0.930. The fourth-order valence-electron chi connectivity index (χ4n) is 2.74. The molecule has 0 bridgehead atoms. The molecule has 130 valence electrons. The average molecular weight is 408 g/mol. The number of thiazole rings is 1. The third kappa shape index (κ3) is 3.52. The minimum absolute atomic E-state index is 0.335. The van der Waals surface area contributed by atoms with Gasteiger partial charge >= 0.3 is 0 Å². The van der Waals surface area contributed by atoms with E-state index >= 15 is 0 Å². The molecule has 1 aromatic carbocycles. The summed E-state index contributed by atoms with van der Waals surface area (Å²) >= 11 is 13.4. The van der Waals surface area contributed by atoms with Crippen LogP contribution >= 0.6 is 34.5 Å². The number of nitrogens with zero attached hydrogens (tertiary/aromatic N) is 2. The predicted molar refractivity (Wildman–Crippen MR) is 97.5 cm³/mol. The normalized spacial score (nSPS) is 19.5. The quantitative estimate of drug-likeness (QED) is 0.845. The highest BCUT2D eigenvalue weighted by molar-refractivity contribution is 7.88. The summed E-state index contributed by atoms with van der Waals surface area (Å²) in [6.07, 6.45) is 3.19. The zero-order chi connectivity index (χ0) is 17.5. The van der Waals surface area contributed by atoms with Crippen molar-refractivity contribution in [1.29, 1.82) is 0 Å². The van der Waals surface area contributed by atoms with Gasteiger partial charge in [0.15, 0.2) is 5.13 Å². The number of rotatable bonds is 3. The van der Waals surface area contributed by atoms with Gasteiger partial charge in [0, 0.05) is 6.54 Å². The molecule has 1 aromatic heterocycles. The summed E-state index contributed by atoms with van der Waals surface area (Å²) < 4.78 is 25.8. The summed E-state index contributed by atoms with van der Waals surface area (Å²) in [5, 5.41) is 3.81. The topological polar surface area (TPSA) is 79.4 Å². The maximum Gasteiger partial charge on any atom is 0.244 e. The van der Waals surface area contributed by atoms with Crippen molar-refractivity contribution in [2.75, 3.05) is 18.1 Å². The summed E-state index contributed by atoms with van der Waals surface area (Å²) in [6.45, 7) is 0.359. The number of fused-ring (bicyclic) bond motifs is 1. The number of aromatic nitrogens is 1. The second-order valence-electron chi connectivity index (χ2n) is 5.60. The number of piperidine rings is 1. The van der Waals surface area contributed by atoms with Crippen LogP contribution in [0.3, 0.4) is 0 Å². The van der Waals surface area contributed by atoms with E-state index in [2.05, 4.69) is 10.3 Å². The van der Waals surface area contributed by atoms with E-state index < -0.39 is 16.1 Å². The van der Waals surface area contributed by atoms with Gasteiger partial charge in [0.05, 0.1) is 21.0 Å². The first kappa shape index (κ1) is 17.9. The molecule has 1 amide bonds. The summed E-state index contributed by atoms with van der Waals surface area (Å²) in [5.41, 5.74) is 0.521. The molecular weight excluding hydrogens is 393 g/mol. The number of nitrogens with one attached hydrogen (secondary N) is 1. The number of hydrogen-bond acceptors (Lipinski definition) is 5. The first-order chi connectivity index (χ1) is 11.3. The second-order valence-corrected chi connectivity index (χ2v) is 9.35. The minimum Gasteiger partial charge on any atom is -0.301 e. The van der Waals surface area contributed by atoms with Gasteiger partial charge in [-0.3, -0.25) is 4.79 Å². The van der Waals surface area contributed by atoms with Gasteiger partial charge in [-0.1, -0.05) is 41.0 Å². The van der Waals surface area contributed by atoms with Gasteiger partial charge < -0.3 is 5.32 Å². The maximum absolute atomic E-state index is 12.5. The smallest absolute Gasteiger partial charge is 0.244 e. The number of anilines is 1. The number of halogens is 2. The lowest BCUT2D eigenvalue weighted by Crippen LogP contribution is -2.49. The zero-order valence-corrected chi connectivity index (χ0v) is 15.9.